The zero-order valence-corrected chi connectivity index (χ0v) is 22.9. The van der Waals surface area contributed by atoms with Crippen molar-refractivity contribution >= 4 is 43.4 Å². The molecule has 228 valence electrons. The van der Waals surface area contributed by atoms with Crippen LogP contribution in [-0.2, 0) is 6.18 Å². The highest BCUT2D eigenvalue weighted by Crippen LogP contribution is 2.47. The average molecular weight is 631 g/mol. The second-order valence-electron chi connectivity index (χ2n) is 11.2. The molecule has 2 N–H and O–H groups in total. The first-order valence-electron chi connectivity index (χ1n) is 13.4. The van der Waals surface area contributed by atoms with Gasteiger partial charge in [0.25, 0.3) is 5.92 Å². The molecule has 0 aliphatic carbocycles. The smallest absolute Gasteiger partial charge is 0.417 e. The highest BCUT2D eigenvalue weighted by atomic mass is 32.1. The third-order valence-corrected chi connectivity index (χ3v) is 9.24. The molecular formula is C27H22F8N6OS. The van der Waals surface area contributed by atoms with Crippen LogP contribution in [0.3, 0.4) is 0 Å². The molecule has 0 radical (unpaired) electrons. The van der Waals surface area contributed by atoms with Gasteiger partial charge in [0.2, 0.25) is 0 Å². The maximum Gasteiger partial charge on any atom is 0.417 e. The lowest BCUT2D eigenvalue weighted by molar-refractivity contribution is -0.137. The van der Waals surface area contributed by atoms with Crippen LogP contribution in [0.15, 0.2) is 18.2 Å². The van der Waals surface area contributed by atoms with Crippen LogP contribution < -0.4 is 15.4 Å². The minimum atomic E-state index is -5.13. The number of thiazole rings is 1. The van der Waals surface area contributed by atoms with Crippen molar-refractivity contribution in [3.05, 3.63) is 35.4 Å². The number of alkyl halides is 6. The van der Waals surface area contributed by atoms with E-state index in [0.29, 0.717) is 30.4 Å². The van der Waals surface area contributed by atoms with E-state index in [-0.39, 0.29) is 46.3 Å². The molecule has 4 aromatic rings. The fourth-order valence-electron chi connectivity index (χ4n) is 6.49. The topological polar surface area (TPSA) is 80.4 Å². The molecule has 2 aromatic heterocycles. The summed E-state index contributed by atoms with van der Waals surface area (Å²) in [6, 6.07) is 1.99. The standard InChI is InChI=1S/C27H22F8N6OS/c28-12-7-25(4-1-5-41(25)8-12)11-42-24-38-19-14(22(39-24)40-9-26(31,32)10-40)6-15(27(33,34)35)17(18(19)30)13-2-3-16(29)21-20(13)37-23(36)43-21/h2-3,6,12H,1,4-5,7-11H2,(H2,36,37)/t12-,25+/m1/s1. The van der Waals surface area contributed by atoms with Crippen LogP contribution in [0.5, 0.6) is 6.01 Å². The molecule has 0 amide bonds. The van der Waals surface area contributed by atoms with Gasteiger partial charge in [-0.05, 0) is 37.6 Å². The van der Waals surface area contributed by atoms with Crippen molar-refractivity contribution in [2.45, 2.75) is 43.1 Å². The van der Waals surface area contributed by atoms with E-state index in [1.807, 2.05) is 4.90 Å². The van der Waals surface area contributed by atoms with E-state index in [0.717, 1.165) is 23.5 Å². The summed E-state index contributed by atoms with van der Waals surface area (Å²) in [4.78, 5) is 15.2. The lowest BCUT2D eigenvalue weighted by Gasteiger charge is -2.40. The molecule has 3 fully saturated rings. The normalized spacial score (nSPS) is 23.7. The zero-order chi connectivity index (χ0) is 30.5. The maximum atomic E-state index is 16.5. The number of ether oxygens (including phenoxy) is 1. The molecule has 7 rings (SSSR count). The van der Waals surface area contributed by atoms with Crippen LogP contribution in [-0.4, -0.2) is 70.3 Å². The first-order valence-corrected chi connectivity index (χ1v) is 14.2. The number of hydrogen-bond donors (Lipinski definition) is 1. The van der Waals surface area contributed by atoms with Gasteiger partial charge < -0.3 is 15.4 Å². The van der Waals surface area contributed by atoms with Crippen LogP contribution in [0.2, 0.25) is 0 Å². The van der Waals surface area contributed by atoms with Gasteiger partial charge in [-0.25, -0.2) is 26.9 Å². The Bertz CT molecular complexity index is 1770. The molecule has 7 nitrogen and oxygen atoms in total. The number of aromatic nitrogens is 3. The van der Waals surface area contributed by atoms with Gasteiger partial charge in [0.05, 0.1) is 34.4 Å². The molecule has 3 saturated heterocycles. The summed E-state index contributed by atoms with van der Waals surface area (Å²) < 4.78 is 122. The molecule has 3 aliphatic rings. The molecule has 0 unspecified atom stereocenters. The van der Waals surface area contributed by atoms with E-state index in [4.69, 9.17) is 10.5 Å². The number of anilines is 2. The quantitative estimate of drug-likeness (QED) is 0.263. The van der Waals surface area contributed by atoms with Gasteiger partial charge in [-0.15, -0.1) is 0 Å². The second kappa shape index (κ2) is 9.48. The van der Waals surface area contributed by atoms with Gasteiger partial charge in [0.1, 0.15) is 29.9 Å². The van der Waals surface area contributed by atoms with Crippen LogP contribution >= 0.6 is 11.3 Å². The number of hydrogen-bond acceptors (Lipinski definition) is 8. The van der Waals surface area contributed by atoms with Gasteiger partial charge in [0, 0.05) is 29.5 Å². The van der Waals surface area contributed by atoms with E-state index < -0.39 is 76.6 Å². The summed E-state index contributed by atoms with van der Waals surface area (Å²) in [5, 5.41) is -0.601. The summed E-state index contributed by atoms with van der Waals surface area (Å²) in [6.45, 7) is -0.924. The monoisotopic (exact) mass is 630 g/mol. The number of nitrogens with two attached hydrogens (primary N) is 1. The predicted octanol–water partition coefficient (Wildman–Crippen LogP) is 6.20. The number of fused-ring (bicyclic) bond motifs is 3. The zero-order valence-electron chi connectivity index (χ0n) is 22.1. The Balaban J connectivity index is 1.42. The van der Waals surface area contributed by atoms with E-state index in [1.54, 1.807) is 0 Å². The van der Waals surface area contributed by atoms with Crippen LogP contribution in [0.1, 0.15) is 24.8 Å². The Morgan fingerprint density at radius 3 is 2.58 bits per heavy atom. The van der Waals surface area contributed by atoms with Gasteiger partial charge in [-0.2, -0.15) is 23.1 Å². The van der Waals surface area contributed by atoms with E-state index in [9.17, 15) is 30.7 Å². The molecule has 0 bridgehead atoms. The lowest BCUT2D eigenvalue weighted by atomic mass is 9.94. The first kappa shape index (κ1) is 28.3. The fraction of sp³-hybridized carbons (Fsp3) is 0.444. The van der Waals surface area contributed by atoms with Crippen molar-refractivity contribution in [1.29, 1.82) is 0 Å². The van der Waals surface area contributed by atoms with Crippen molar-refractivity contribution in [3.63, 3.8) is 0 Å². The van der Waals surface area contributed by atoms with Crippen molar-refractivity contribution in [1.82, 2.24) is 19.9 Å². The van der Waals surface area contributed by atoms with Gasteiger partial charge in [-0.3, -0.25) is 4.90 Å². The Kier molecular flexibility index (Phi) is 6.23. The lowest BCUT2D eigenvalue weighted by Crippen LogP contribution is -2.56. The third-order valence-electron chi connectivity index (χ3n) is 8.35. The van der Waals surface area contributed by atoms with Crippen molar-refractivity contribution in [2.75, 3.05) is 43.4 Å². The molecule has 5 heterocycles. The number of nitrogen functional groups attached to an aromatic ring is 1. The van der Waals surface area contributed by atoms with E-state index in [2.05, 4.69) is 15.0 Å². The van der Waals surface area contributed by atoms with E-state index >= 15 is 4.39 Å². The molecule has 0 spiro atoms. The number of halogens is 8. The van der Waals surface area contributed by atoms with Gasteiger partial charge in [-0.1, -0.05) is 11.3 Å². The number of benzene rings is 2. The van der Waals surface area contributed by atoms with Gasteiger partial charge in [0.15, 0.2) is 10.9 Å². The van der Waals surface area contributed by atoms with Crippen LogP contribution in [0.25, 0.3) is 32.2 Å². The van der Waals surface area contributed by atoms with Crippen LogP contribution in [0, 0.1) is 11.6 Å². The van der Waals surface area contributed by atoms with Gasteiger partial charge >= 0.3 is 12.2 Å². The molecule has 43 heavy (non-hydrogen) atoms. The SMILES string of the molecule is Nc1nc2c(-c3c(C(F)(F)F)cc4c(N5CC(F)(F)C5)nc(OC[C@@]56CCCN5C[C@H](F)C6)nc4c3F)ccc(F)c2s1. The highest BCUT2D eigenvalue weighted by molar-refractivity contribution is 7.22. The first-order chi connectivity index (χ1) is 20.2. The summed E-state index contributed by atoms with van der Waals surface area (Å²) in [7, 11) is 0. The molecular weight excluding hydrogens is 608 g/mol. The molecule has 2 aromatic carbocycles. The largest absolute Gasteiger partial charge is 0.461 e. The Morgan fingerprint density at radius 1 is 1.09 bits per heavy atom. The summed E-state index contributed by atoms with van der Waals surface area (Å²) in [5.74, 6) is -5.74. The molecule has 0 saturated carbocycles. The highest BCUT2D eigenvalue weighted by Gasteiger charge is 2.50. The second-order valence-corrected chi connectivity index (χ2v) is 12.3. The van der Waals surface area contributed by atoms with E-state index in [1.165, 1.54) is 0 Å². The average Bonchev–Trinajstić information content (AvgIpc) is 3.57. The van der Waals surface area contributed by atoms with Crippen molar-refractivity contribution < 1.29 is 39.9 Å². The minimum Gasteiger partial charge on any atom is -0.461 e. The Hall–Kier alpha value is -3.53. The molecule has 2 atom stereocenters. The summed E-state index contributed by atoms with van der Waals surface area (Å²) >= 11 is 0.689. The minimum absolute atomic E-state index is 0.0830. The Morgan fingerprint density at radius 2 is 1.86 bits per heavy atom. The van der Waals surface area contributed by atoms with Crippen molar-refractivity contribution in [2.24, 2.45) is 0 Å². The Labute approximate surface area is 242 Å². The molecule has 16 heteroatoms. The van der Waals surface area contributed by atoms with Crippen LogP contribution in [0.4, 0.5) is 46.1 Å². The summed E-state index contributed by atoms with van der Waals surface area (Å²) in [6.07, 6.45) is -4.59. The predicted molar refractivity (Wildman–Crippen MR) is 143 cm³/mol. The number of nitrogens with zero attached hydrogens (tertiary/aromatic N) is 5. The maximum absolute atomic E-state index is 16.5. The summed E-state index contributed by atoms with van der Waals surface area (Å²) in [5.41, 5.74) is 1.35. The molecule has 3 aliphatic heterocycles. The third kappa shape index (κ3) is 4.60. The van der Waals surface area contributed by atoms with Crippen molar-refractivity contribution in [3.8, 4) is 17.1 Å². The fourth-order valence-corrected chi connectivity index (χ4v) is 7.25. The number of rotatable bonds is 5.